The Morgan fingerprint density at radius 3 is 2.59 bits per heavy atom. The highest BCUT2D eigenvalue weighted by Gasteiger charge is 1.92. The van der Waals surface area contributed by atoms with Crippen LogP contribution >= 0.6 is 0 Å². The number of ether oxygens (including phenoxy) is 1. The van der Waals surface area contributed by atoms with Crippen molar-refractivity contribution >= 4 is 0 Å². The van der Waals surface area contributed by atoms with Gasteiger partial charge in [-0.3, -0.25) is 0 Å². The largest absolute Gasteiger partial charge is 0.497 e. The molecule has 0 saturated heterocycles. The number of hydrogen-bond acceptors (Lipinski definition) is 1. The lowest BCUT2D eigenvalue weighted by molar-refractivity contribution is 0.414. The highest BCUT2D eigenvalue weighted by Crippen LogP contribution is 2.12. The Labute approximate surface area is 102 Å². The Kier molecular flexibility index (Phi) is 3.83. The second kappa shape index (κ2) is 5.77. The summed E-state index contributed by atoms with van der Waals surface area (Å²) in [6.07, 6.45) is 0.742. The van der Waals surface area contributed by atoms with Crippen LogP contribution in [-0.2, 0) is 6.42 Å². The van der Waals surface area contributed by atoms with Crippen molar-refractivity contribution < 1.29 is 4.74 Å². The zero-order valence-electron chi connectivity index (χ0n) is 9.81. The molecule has 0 heterocycles. The Hall–Kier alpha value is -2.20. The van der Waals surface area contributed by atoms with Crippen molar-refractivity contribution in [2.75, 3.05) is 7.11 Å². The molecule has 0 unspecified atom stereocenters. The summed E-state index contributed by atoms with van der Waals surface area (Å²) in [4.78, 5) is 0. The minimum atomic E-state index is 0.742. The summed E-state index contributed by atoms with van der Waals surface area (Å²) in [6.45, 7) is 0. The summed E-state index contributed by atoms with van der Waals surface area (Å²) < 4.78 is 5.17. The van der Waals surface area contributed by atoms with Crippen molar-refractivity contribution in [3.8, 4) is 17.6 Å². The van der Waals surface area contributed by atoms with Gasteiger partial charge in [0, 0.05) is 12.0 Å². The lowest BCUT2D eigenvalue weighted by atomic mass is 10.1. The van der Waals surface area contributed by atoms with Gasteiger partial charge in [-0.15, -0.1) is 0 Å². The molecule has 1 nitrogen and oxygen atoms in total. The van der Waals surface area contributed by atoms with E-state index in [0.717, 1.165) is 17.7 Å². The second-order valence-corrected chi connectivity index (χ2v) is 3.70. The molecule has 0 aliphatic carbocycles. The van der Waals surface area contributed by atoms with Crippen molar-refractivity contribution in [2.45, 2.75) is 6.42 Å². The lowest BCUT2D eigenvalue weighted by Crippen LogP contribution is -1.85. The summed E-state index contributed by atoms with van der Waals surface area (Å²) in [5.74, 6) is 7.18. The van der Waals surface area contributed by atoms with E-state index >= 15 is 0 Å². The molecular weight excluding hydrogens is 208 g/mol. The molecule has 84 valence electrons. The van der Waals surface area contributed by atoms with Crippen molar-refractivity contribution in [1.82, 2.24) is 0 Å². The normalized spacial score (nSPS) is 9.24. The van der Waals surface area contributed by atoms with Gasteiger partial charge >= 0.3 is 0 Å². The first kappa shape index (κ1) is 11.3. The topological polar surface area (TPSA) is 9.23 Å². The third kappa shape index (κ3) is 3.39. The zero-order valence-corrected chi connectivity index (χ0v) is 9.81. The van der Waals surface area contributed by atoms with Gasteiger partial charge in [0.15, 0.2) is 0 Å². The molecule has 0 aliphatic heterocycles. The van der Waals surface area contributed by atoms with Gasteiger partial charge in [0.25, 0.3) is 0 Å². The molecule has 0 atom stereocenters. The van der Waals surface area contributed by atoms with Crippen LogP contribution in [0.2, 0.25) is 0 Å². The fraction of sp³-hybridized carbons (Fsp3) is 0.125. The monoisotopic (exact) mass is 222 g/mol. The molecule has 17 heavy (non-hydrogen) atoms. The first-order valence-electron chi connectivity index (χ1n) is 5.55. The van der Waals surface area contributed by atoms with Gasteiger partial charge in [0.1, 0.15) is 5.75 Å². The van der Waals surface area contributed by atoms with Crippen LogP contribution in [0.4, 0.5) is 0 Å². The third-order valence-electron chi connectivity index (χ3n) is 2.43. The smallest absolute Gasteiger partial charge is 0.119 e. The van der Waals surface area contributed by atoms with Crippen molar-refractivity contribution in [3.63, 3.8) is 0 Å². The molecule has 0 bridgehead atoms. The minimum absolute atomic E-state index is 0.742. The van der Waals surface area contributed by atoms with Gasteiger partial charge in [0.2, 0.25) is 0 Å². The maximum absolute atomic E-state index is 5.17. The molecule has 0 fully saturated rings. The summed E-state index contributed by atoms with van der Waals surface area (Å²) in [7, 11) is 1.68. The van der Waals surface area contributed by atoms with E-state index in [1.54, 1.807) is 7.11 Å². The Balaban J connectivity index is 2.05. The van der Waals surface area contributed by atoms with Crippen LogP contribution in [0.5, 0.6) is 5.75 Å². The Morgan fingerprint density at radius 1 is 1.00 bits per heavy atom. The van der Waals surface area contributed by atoms with E-state index in [-0.39, 0.29) is 0 Å². The van der Waals surface area contributed by atoms with E-state index in [0.29, 0.717) is 0 Å². The van der Waals surface area contributed by atoms with Crippen LogP contribution in [0, 0.1) is 11.8 Å². The predicted octanol–water partition coefficient (Wildman–Crippen LogP) is 3.29. The number of hydrogen-bond donors (Lipinski definition) is 0. The molecule has 2 aromatic rings. The molecule has 0 N–H and O–H groups in total. The molecule has 0 amide bonds. The van der Waals surface area contributed by atoms with E-state index in [1.807, 2.05) is 48.5 Å². The van der Waals surface area contributed by atoms with Crippen LogP contribution in [0.3, 0.4) is 0 Å². The number of benzene rings is 2. The molecule has 1 heteroatoms. The highest BCUT2D eigenvalue weighted by molar-refractivity contribution is 5.36. The third-order valence-corrected chi connectivity index (χ3v) is 2.43. The van der Waals surface area contributed by atoms with E-state index in [4.69, 9.17) is 4.74 Å². The van der Waals surface area contributed by atoms with Gasteiger partial charge < -0.3 is 4.74 Å². The van der Waals surface area contributed by atoms with Crippen LogP contribution in [-0.4, -0.2) is 7.11 Å². The average Bonchev–Trinajstić information content (AvgIpc) is 2.40. The van der Waals surface area contributed by atoms with Gasteiger partial charge in [-0.05, 0) is 29.8 Å². The van der Waals surface area contributed by atoms with Gasteiger partial charge in [-0.1, -0.05) is 42.2 Å². The maximum atomic E-state index is 5.17. The molecule has 0 saturated carbocycles. The van der Waals surface area contributed by atoms with Gasteiger partial charge in [-0.25, -0.2) is 0 Å². The molecular formula is C16H14O. The van der Waals surface area contributed by atoms with Crippen LogP contribution < -0.4 is 4.74 Å². The molecule has 0 spiro atoms. The van der Waals surface area contributed by atoms with Gasteiger partial charge in [-0.2, -0.15) is 0 Å². The fourth-order valence-corrected chi connectivity index (χ4v) is 1.55. The molecule has 0 radical (unpaired) electrons. The van der Waals surface area contributed by atoms with Gasteiger partial charge in [0.05, 0.1) is 7.11 Å². The molecule has 0 aliphatic rings. The fourth-order valence-electron chi connectivity index (χ4n) is 1.55. The van der Waals surface area contributed by atoms with E-state index in [2.05, 4.69) is 17.9 Å². The van der Waals surface area contributed by atoms with E-state index in [9.17, 15) is 0 Å². The standard InChI is InChI=1S/C16H14O/c1-17-16-12-6-11-15(13-16)10-5-9-14-7-3-2-4-8-14/h2-4,6-8,11-13H,10H2,1H3. The summed E-state index contributed by atoms with van der Waals surface area (Å²) >= 11 is 0. The van der Waals surface area contributed by atoms with Crippen LogP contribution in [0.25, 0.3) is 0 Å². The lowest BCUT2D eigenvalue weighted by Gasteiger charge is -2.00. The second-order valence-electron chi connectivity index (χ2n) is 3.70. The SMILES string of the molecule is COc1cccc(CC#Cc2ccccc2)c1. The Morgan fingerprint density at radius 2 is 1.82 bits per heavy atom. The average molecular weight is 222 g/mol. The summed E-state index contributed by atoms with van der Waals surface area (Å²) in [5, 5.41) is 0. The minimum Gasteiger partial charge on any atom is -0.497 e. The predicted molar refractivity (Wildman–Crippen MR) is 70.0 cm³/mol. The van der Waals surface area contributed by atoms with Crippen molar-refractivity contribution in [3.05, 3.63) is 65.7 Å². The quantitative estimate of drug-likeness (QED) is 0.708. The van der Waals surface area contributed by atoms with Crippen molar-refractivity contribution in [1.29, 1.82) is 0 Å². The number of methoxy groups -OCH3 is 1. The Bertz CT molecular complexity index is 532. The molecule has 0 aromatic heterocycles. The van der Waals surface area contributed by atoms with E-state index in [1.165, 1.54) is 5.56 Å². The zero-order chi connectivity index (χ0) is 11.9. The number of rotatable bonds is 2. The molecule has 2 rings (SSSR count). The van der Waals surface area contributed by atoms with E-state index < -0.39 is 0 Å². The summed E-state index contributed by atoms with van der Waals surface area (Å²) in [6, 6.07) is 18.0. The van der Waals surface area contributed by atoms with Crippen LogP contribution in [0.15, 0.2) is 54.6 Å². The molecule has 2 aromatic carbocycles. The summed E-state index contributed by atoms with van der Waals surface area (Å²) in [5.41, 5.74) is 2.23. The van der Waals surface area contributed by atoms with Crippen molar-refractivity contribution in [2.24, 2.45) is 0 Å². The first-order valence-corrected chi connectivity index (χ1v) is 5.55. The maximum Gasteiger partial charge on any atom is 0.119 e. The first-order chi connectivity index (χ1) is 8.38. The van der Waals surface area contributed by atoms with Crippen LogP contribution in [0.1, 0.15) is 11.1 Å². The highest BCUT2D eigenvalue weighted by atomic mass is 16.5.